The number of non-ortho nitro benzene ring substituents is 1. The zero-order valence-corrected chi connectivity index (χ0v) is 12.4. The highest BCUT2D eigenvalue weighted by Crippen LogP contribution is 2.32. The summed E-state index contributed by atoms with van der Waals surface area (Å²) in [6.45, 7) is 1.43. The van der Waals surface area contributed by atoms with E-state index in [1.807, 2.05) is 6.07 Å². The number of anilines is 1. The lowest BCUT2D eigenvalue weighted by molar-refractivity contribution is -0.384. The molecule has 0 aromatic heterocycles. The Morgan fingerprint density at radius 1 is 1.27 bits per heavy atom. The van der Waals surface area contributed by atoms with Crippen LogP contribution in [0.1, 0.15) is 12.5 Å². The van der Waals surface area contributed by atoms with Crippen LogP contribution in [0.4, 0.5) is 11.4 Å². The molecule has 2 aromatic carbocycles. The summed E-state index contributed by atoms with van der Waals surface area (Å²) < 4.78 is 0. The van der Waals surface area contributed by atoms with Crippen LogP contribution in [0, 0.1) is 21.4 Å². The third-order valence-corrected chi connectivity index (χ3v) is 3.78. The predicted octanol–water partition coefficient (Wildman–Crippen LogP) is 3.58. The number of carbonyl (C=O) groups is 1. The van der Waals surface area contributed by atoms with E-state index in [4.69, 9.17) is 5.26 Å². The van der Waals surface area contributed by atoms with Crippen molar-refractivity contribution >= 4 is 29.0 Å². The molecule has 0 radical (unpaired) electrons. The van der Waals surface area contributed by atoms with Crippen LogP contribution in [0.25, 0.3) is 0 Å². The third kappa shape index (κ3) is 3.84. The van der Waals surface area contributed by atoms with Gasteiger partial charge in [0.2, 0.25) is 5.91 Å². The Labute approximate surface area is 130 Å². The maximum atomic E-state index is 11.0. The topological polar surface area (TPSA) is 96.0 Å². The molecule has 0 bridgehead atoms. The van der Waals surface area contributed by atoms with E-state index < -0.39 is 4.92 Å². The summed E-state index contributed by atoms with van der Waals surface area (Å²) in [6, 6.07) is 13.3. The number of benzene rings is 2. The summed E-state index contributed by atoms with van der Waals surface area (Å²) in [6.07, 6.45) is 0. The Bertz CT molecular complexity index is 767. The van der Waals surface area contributed by atoms with Crippen molar-refractivity contribution in [2.45, 2.75) is 16.7 Å². The zero-order chi connectivity index (χ0) is 16.1. The maximum Gasteiger partial charge on any atom is 0.270 e. The van der Waals surface area contributed by atoms with Crippen molar-refractivity contribution in [3.63, 3.8) is 0 Å². The second kappa shape index (κ2) is 6.74. The molecule has 0 aliphatic heterocycles. The van der Waals surface area contributed by atoms with E-state index in [9.17, 15) is 14.9 Å². The molecule has 0 aliphatic carbocycles. The highest BCUT2D eigenvalue weighted by Gasteiger charge is 2.11. The van der Waals surface area contributed by atoms with Gasteiger partial charge in [0.25, 0.3) is 5.69 Å². The first-order valence-corrected chi connectivity index (χ1v) is 7.05. The molecule has 0 saturated carbocycles. The van der Waals surface area contributed by atoms with Crippen molar-refractivity contribution in [2.75, 3.05) is 5.32 Å². The number of hydrogen-bond donors (Lipinski definition) is 1. The smallest absolute Gasteiger partial charge is 0.270 e. The predicted molar refractivity (Wildman–Crippen MR) is 82.7 cm³/mol. The van der Waals surface area contributed by atoms with Crippen molar-refractivity contribution in [1.29, 1.82) is 5.26 Å². The molecule has 1 N–H and O–H groups in total. The SMILES string of the molecule is CC(=O)Nc1ccc(Sc2ccc([N+](=O)[O-])cc2C#N)cc1. The fourth-order valence-corrected chi connectivity index (χ4v) is 2.62. The molecule has 6 nitrogen and oxygen atoms in total. The van der Waals surface area contributed by atoms with Crippen LogP contribution in [0.15, 0.2) is 52.3 Å². The van der Waals surface area contributed by atoms with Crippen LogP contribution in [-0.4, -0.2) is 10.8 Å². The lowest BCUT2D eigenvalue weighted by Gasteiger charge is -2.06. The van der Waals surface area contributed by atoms with Gasteiger partial charge in [-0.2, -0.15) is 5.26 Å². The minimum absolute atomic E-state index is 0.109. The van der Waals surface area contributed by atoms with Gasteiger partial charge in [0.1, 0.15) is 6.07 Å². The number of nitrogens with zero attached hydrogens (tertiary/aromatic N) is 2. The van der Waals surface area contributed by atoms with Crippen LogP contribution < -0.4 is 5.32 Å². The first-order chi connectivity index (χ1) is 10.5. The number of nitrogens with one attached hydrogen (secondary N) is 1. The van der Waals surface area contributed by atoms with Crippen molar-refractivity contribution in [1.82, 2.24) is 0 Å². The van der Waals surface area contributed by atoms with Crippen molar-refractivity contribution in [3.05, 3.63) is 58.1 Å². The van der Waals surface area contributed by atoms with Gasteiger partial charge in [-0.05, 0) is 30.3 Å². The summed E-state index contributed by atoms with van der Waals surface area (Å²) >= 11 is 1.33. The van der Waals surface area contributed by atoms with E-state index in [-0.39, 0.29) is 17.2 Å². The van der Waals surface area contributed by atoms with Gasteiger partial charge < -0.3 is 5.32 Å². The fourth-order valence-electron chi connectivity index (χ4n) is 1.74. The second-order valence-corrected chi connectivity index (χ2v) is 5.47. The van der Waals surface area contributed by atoms with Crippen molar-refractivity contribution in [3.8, 4) is 6.07 Å². The van der Waals surface area contributed by atoms with Gasteiger partial charge in [-0.15, -0.1) is 0 Å². The first-order valence-electron chi connectivity index (χ1n) is 6.23. The molecular weight excluding hydrogens is 302 g/mol. The molecule has 0 aliphatic rings. The molecule has 7 heteroatoms. The van der Waals surface area contributed by atoms with E-state index in [0.29, 0.717) is 10.6 Å². The lowest BCUT2D eigenvalue weighted by atomic mass is 10.2. The summed E-state index contributed by atoms with van der Waals surface area (Å²) in [5.74, 6) is -0.150. The van der Waals surface area contributed by atoms with Crippen molar-refractivity contribution in [2.24, 2.45) is 0 Å². The average Bonchev–Trinajstić information content (AvgIpc) is 2.49. The van der Waals surface area contributed by atoms with Gasteiger partial charge in [-0.1, -0.05) is 11.8 Å². The van der Waals surface area contributed by atoms with Gasteiger partial charge >= 0.3 is 0 Å². The maximum absolute atomic E-state index is 11.0. The quantitative estimate of drug-likeness (QED) is 0.687. The highest BCUT2D eigenvalue weighted by atomic mass is 32.2. The average molecular weight is 313 g/mol. The third-order valence-electron chi connectivity index (χ3n) is 2.70. The number of carbonyl (C=O) groups excluding carboxylic acids is 1. The van der Waals surface area contributed by atoms with E-state index in [0.717, 1.165) is 4.90 Å². The van der Waals surface area contributed by atoms with Gasteiger partial charge in [0.15, 0.2) is 0 Å². The molecule has 0 atom stereocenters. The number of nitro benzene ring substituents is 1. The van der Waals surface area contributed by atoms with Crippen molar-refractivity contribution < 1.29 is 9.72 Å². The fraction of sp³-hybridized carbons (Fsp3) is 0.0667. The van der Waals surface area contributed by atoms with Crippen LogP contribution in [0.5, 0.6) is 0 Å². The molecule has 0 fully saturated rings. The Kier molecular flexibility index (Phi) is 4.76. The summed E-state index contributed by atoms with van der Waals surface area (Å²) in [5, 5.41) is 22.5. The number of rotatable bonds is 4. The number of amides is 1. The molecule has 22 heavy (non-hydrogen) atoms. The largest absolute Gasteiger partial charge is 0.326 e. The molecule has 2 rings (SSSR count). The Hall–Kier alpha value is -2.85. The molecule has 0 heterocycles. The van der Waals surface area contributed by atoms with Crippen LogP contribution in [0.2, 0.25) is 0 Å². The molecule has 0 spiro atoms. The standard InChI is InChI=1S/C15H11N3O3S/c1-10(19)17-12-2-5-14(6-3-12)22-15-7-4-13(18(20)21)8-11(15)9-16/h2-8H,1H3,(H,17,19). The molecule has 2 aromatic rings. The molecule has 0 saturated heterocycles. The number of nitro groups is 1. The summed E-state index contributed by atoms with van der Waals surface area (Å²) in [4.78, 5) is 22.6. The van der Waals surface area contributed by atoms with E-state index in [1.54, 1.807) is 30.3 Å². The summed E-state index contributed by atoms with van der Waals surface area (Å²) in [7, 11) is 0. The minimum Gasteiger partial charge on any atom is -0.326 e. The van der Waals surface area contributed by atoms with Crippen LogP contribution in [0.3, 0.4) is 0 Å². The lowest BCUT2D eigenvalue weighted by Crippen LogP contribution is -2.05. The number of nitriles is 1. The van der Waals surface area contributed by atoms with Gasteiger partial charge in [0.05, 0.1) is 10.5 Å². The van der Waals surface area contributed by atoms with Crippen LogP contribution >= 0.6 is 11.8 Å². The summed E-state index contributed by atoms with van der Waals surface area (Å²) in [5.41, 5.74) is 0.827. The first kappa shape index (κ1) is 15.5. The molecule has 110 valence electrons. The van der Waals surface area contributed by atoms with Crippen LogP contribution in [-0.2, 0) is 4.79 Å². The highest BCUT2D eigenvalue weighted by molar-refractivity contribution is 7.99. The molecule has 1 amide bonds. The van der Waals surface area contributed by atoms with Gasteiger partial charge in [0, 0.05) is 34.5 Å². The second-order valence-electron chi connectivity index (χ2n) is 4.36. The zero-order valence-electron chi connectivity index (χ0n) is 11.6. The monoisotopic (exact) mass is 313 g/mol. The van der Waals surface area contributed by atoms with E-state index in [2.05, 4.69) is 5.32 Å². The van der Waals surface area contributed by atoms with Gasteiger partial charge in [-0.25, -0.2) is 0 Å². The van der Waals surface area contributed by atoms with E-state index in [1.165, 1.54) is 30.8 Å². The minimum atomic E-state index is -0.530. The molecular formula is C15H11N3O3S. The Morgan fingerprint density at radius 3 is 2.50 bits per heavy atom. The Morgan fingerprint density at radius 2 is 1.95 bits per heavy atom. The Balaban J connectivity index is 2.22. The normalized spacial score (nSPS) is 9.82. The molecule has 0 unspecified atom stereocenters. The van der Waals surface area contributed by atoms with Gasteiger partial charge in [-0.3, -0.25) is 14.9 Å². The number of hydrogen-bond acceptors (Lipinski definition) is 5. The van der Waals surface area contributed by atoms with E-state index >= 15 is 0 Å².